The molecule has 190 valence electrons. The van der Waals surface area contributed by atoms with Crippen LogP contribution in [0.25, 0.3) is 50.0 Å². The van der Waals surface area contributed by atoms with Gasteiger partial charge in [-0.15, -0.1) is 0 Å². The van der Waals surface area contributed by atoms with Crippen molar-refractivity contribution in [3.8, 4) is 22.6 Å². The normalized spacial score (nSPS) is 12.4. The van der Waals surface area contributed by atoms with Crippen molar-refractivity contribution in [1.82, 2.24) is 30.5 Å². The molecule has 0 atom stereocenters. The molecule has 0 bridgehead atoms. The van der Waals surface area contributed by atoms with Crippen molar-refractivity contribution < 1.29 is 0 Å². The molecule has 0 aliphatic carbocycles. The van der Waals surface area contributed by atoms with Crippen LogP contribution in [0, 0.1) is 5.92 Å². The van der Waals surface area contributed by atoms with Crippen molar-refractivity contribution in [1.29, 1.82) is 0 Å². The van der Waals surface area contributed by atoms with Crippen LogP contribution in [0.3, 0.4) is 0 Å². The minimum Gasteiger partial charge on any atom is -0.359 e. The van der Waals surface area contributed by atoms with Gasteiger partial charge in [0.15, 0.2) is 0 Å². The fourth-order valence-electron chi connectivity index (χ4n) is 4.70. The zero-order valence-corrected chi connectivity index (χ0v) is 22.0. The maximum atomic E-state index is 4.67. The van der Waals surface area contributed by atoms with E-state index in [1.807, 2.05) is 43.6 Å². The molecule has 4 aromatic heterocycles. The van der Waals surface area contributed by atoms with Gasteiger partial charge in [-0.2, -0.15) is 5.10 Å². The van der Waals surface area contributed by atoms with Gasteiger partial charge in [0.2, 0.25) is 0 Å². The Hall–Kier alpha value is -4.71. The molecular weight excluding hydrogens is 468 g/mol. The van der Waals surface area contributed by atoms with Crippen LogP contribution in [-0.4, -0.2) is 25.1 Å². The number of fused-ring (bicyclic) bond motifs is 2. The molecule has 5 aromatic rings. The second-order valence-corrected chi connectivity index (χ2v) is 9.75. The molecule has 3 N–H and O–H groups in total. The summed E-state index contributed by atoms with van der Waals surface area (Å²) < 4.78 is 0. The number of allylic oxidation sites excluding steroid dienone is 5. The molecule has 1 aromatic carbocycles. The zero-order chi connectivity index (χ0) is 26.6. The molecule has 0 saturated heterocycles. The fourth-order valence-corrected chi connectivity index (χ4v) is 4.70. The Morgan fingerprint density at radius 2 is 1.95 bits per heavy atom. The quantitative estimate of drug-likeness (QED) is 0.180. The molecule has 0 unspecified atom stereocenters. The van der Waals surface area contributed by atoms with E-state index in [9.17, 15) is 0 Å². The number of rotatable bonds is 9. The van der Waals surface area contributed by atoms with Crippen molar-refractivity contribution in [2.45, 2.75) is 27.2 Å². The van der Waals surface area contributed by atoms with E-state index in [0.717, 1.165) is 73.4 Å². The minimum atomic E-state index is 0.532. The molecular formula is C32H32N6. The van der Waals surface area contributed by atoms with Crippen molar-refractivity contribution in [2.75, 3.05) is 0 Å². The van der Waals surface area contributed by atoms with E-state index in [4.69, 9.17) is 0 Å². The summed E-state index contributed by atoms with van der Waals surface area (Å²) in [6, 6.07) is 14.4. The Balaban J connectivity index is 1.53. The van der Waals surface area contributed by atoms with E-state index in [-0.39, 0.29) is 0 Å². The van der Waals surface area contributed by atoms with Crippen LogP contribution in [0.15, 0.2) is 104 Å². The summed E-state index contributed by atoms with van der Waals surface area (Å²) in [4.78, 5) is 12.5. The van der Waals surface area contributed by atoms with Gasteiger partial charge in [0.05, 0.1) is 28.6 Å². The highest BCUT2D eigenvalue weighted by Crippen LogP contribution is 2.34. The lowest BCUT2D eigenvalue weighted by molar-refractivity contribution is 0.622. The summed E-state index contributed by atoms with van der Waals surface area (Å²) in [7, 11) is 0. The number of hydrogen-bond donors (Lipinski definition) is 3. The van der Waals surface area contributed by atoms with E-state index in [1.54, 1.807) is 6.20 Å². The second-order valence-electron chi connectivity index (χ2n) is 9.75. The summed E-state index contributed by atoms with van der Waals surface area (Å²) in [5.41, 5.74) is 9.62. The number of nitrogens with zero attached hydrogens (tertiary/aromatic N) is 3. The van der Waals surface area contributed by atoms with Crippen molar-refractivity contribution >= 4 is 27.4 Å². The molecule has 6 heteroatoms. The topological polar surface area (TPSA) is 82.3 Å². The average Bonchev–Trinajstić information content (AvgIpc) is 3.54. The summed E-state index contributed by atoms with van der Waals surface area (Å²) >= 11 is 0. The third kappa shape index (κ3) is 5.06. The Morgan fingerprint density at radius 3 is 2.68 bits per heavy atom. The van der Waals surface area contributed by atoms with Crippen molar-refractivity contribution in [3.05, 3.63) is 109 Å². The summed E-state index contributed by atoms with van der Waals surface area (Å²) in [5, 5.41) is 13.4. The second kappa shape index (κ2) is 10.7. The highest BCUT2D eigenvalue weighted by molar-refractivity contribution is 6.01. The molecule has 38 heavy (non-hydrogen) atoms. The number of pyridine rings is 2. The Labute approximate surface area is 222 Å². The minimum absolute atomic E-state index is 0.532. The molecule has 0 saturated carbocycles. The van der Waals surface area contributed by atoms with Crippen LogP contribution >= 0.6 is 0 Å². The first kappa shape index (κ1) is 25.0. The summed E-state index contributed by atoms with van der Waals surface area (Å²) in [6.45, 7) is 14.6. The molecule has 4 heterocycles. The molecule has 0 fully saturated rings. The Bertz CT molecular complexity index is 1680. The predicted molar refractivity (Wildman–Crippen MR) is 158 cm³/mol. The van der Waals surface area contributed by atoms with Crippen LogP contribution in [0.2, 0.25) is 0 Å². The van der Waals surface area contributed by atoms with Gasteiger partial charge in [0, 0.05) is 40.1 Å². The molecule has 0 amide bonds. The lowest BCUT2D eigenvalue weighted by atomic mass is 10.0. The van der Waals surface area contributed by atoms with Gasteiger partial charge < -0.3 is 10.3 Å². The van der Waals surface area contributed by atoms with Crippen LogP contribution < -0.4 is 5.32 Å². The van der Waals surface area contributed by atoms with Gasteiger partial charge in [-0.05, 0) is 72.9 Å². The predicted octanol–water partition coefficient (Wildman–Crippen LogP) is 7.79. The molecule has 6 nitrogen and oxygen atoms in total. The Kier molecular flexibility index (Phi) is 7.05. The number of H-pyrrole nitrogens is 2. The SMILES string of the molecule is C=C/C(=C\C(=C/C)c1ccc2[nH]nc(-c3cc4c(-c5ccccn5)cncc4[nH]3)c2c1)NC(=C)CC(C)C. The van der Waals surface area contributed by atoms with Gasteiger partial charge in [0.25, 0.3) is 0 Å². The van der Waals surface area contributed by atoms with Gasteiger partial charge >= 0.3 is 0 Å². The fraction of sp³-hybridized carbons (Fsp3) is 0.156. The molecule has 5 rings (SSSR count). The van der Waals surface area contributed by atoms with E-state index in [1.165, 1.54) is 0 Å². The summed E-state index contributed by atoms with van der Waals surface area (Å²) in [5.74, 6) is 0.532. The zero-order valence-electron chi connectivity index (χ0n) is 22.0. The van der Waals surface area contributed by atoms with Crippen LogP contribution in [0.5, 0.6) is 0 Å². The molecule has 0 spiro atoms. The third-order valence-electron chi connectivity index (χ3n) is 6.46. The van der Waals surface area contributed by atoms with Gasteiger partial charge in [-0.1, -0.05) is 45.2 Å². The smallest absolute Gasteiger partial charge is 0.116 e. The Morgan fingerprint density at radius 1 is 1.08 bits per heavy atom. The largest absolute Gasteiger partial charge is 0.359 e. The molecule has 0 radical (unpaired) electrons. The molecule has 0 aliphatic heterocycles. The van der Waals surface area contributed by atoms with E-state index in [2.05, 4.69) is 93.9 Å². The van der Waals surface area contributed by atoms with Gasteiger partial charge in [-0.3, -0.25) is 15.1 Å². The highest BCUT2D eigenvalue weighted by Gasteiger charge is 2.15. The van der Waals surface area contributed by atoms with Crippen LogP contribution in [0.4, 0.5) is 0 Å². The van der Waals surface area contributed by atoms with Crippen LogP contribution in [0.1, 0.15) is 32.8 Å². The maximum absolute atomic E-state index is 4.67. The lowest BCUT2D eigenvalue weighted by Crippen LogP contribution is -2.12. The number of hydrogen-bond acceptors (Lipinski definition) is 4. The van der Waals surface area contributed by atoms with E-state index >= 15 is 0 Å². The standard InChI is InChI=1S/C32H32N6/c1-6-22(15-24(7-2)35-21(5)14-20(3)4)23-11-12-29-26(16-23)32(38-37-29)30-17-25-27(18-33-19-31(25)36-30)28-10-8-9-13-34-28/h6-13,15-20,35-36H,2,5,14H2,1,3-4H3,(H,37,38)/b22-6+,24-15+. The number of aromatic nitrogens is 5. The van der Waals surface area contributed by atoms with Gasteiger partial charge in [0.1, 0.15) is 5.69 Å². The van der Waals surface area contributed by atoms with Gasteiger partial charge in [-0.25, -0.2) is 0 Å². The average molecular weight is 501 g/mol. The van der Waals surface area contributed by atoms with Crippen molar-refractivity contribution in [2.24, 2.45) is 5.92 Å². The first-order valence-corrected chi connectivity index (χ1v) is 12.8. The monoisotopic (exact) mass is 500 g/mol. The molecule has 0 aliphatic rings. The van der Waals surface area contributed by atoms with E-state index in [0.29, 0.717) is 5.92 Å². The maximum Gasteiger partial charge on any atom is 0.116 e. The lowest BCUT2D eigenvalue weighted by Gasteiger charge is -2.13. The number of benzene rings is 1. The summed E-state index contributed by atoms with van der Waals surface area (Å²) in [6.07, 6.45) is 12.4. The number of aromatic amines is 2. The highest BCUT2D eigenvalue weighted by atomic mass is 15.1. The van der Waals surface area contributed by atoms with Crippen molar-refractivity contribution in [3.63, 3.8) is 0 Å². The first-order chi connectivity index (χ1) is 18.5. The third-order valence-corrected chi connectivity index (χ3v) is 6.46. The van der Waals surface area contributed by atoms with Crippen LogP contribution in [-0.2, 0) is 0 Å². The first-order valence-electron chi connectivity index (χ1n) is 12.8. The number of nitrogens with one attached hydrogen (secondary N) is 3. The van der Waals surface area contributed by atoms with E-state index < -0.39 is 0 Å².